The Morgan fingerprint density at radius 1 is 1.18 bits per heavy atom. The number of halogens is 1. The van der Waals surface area contributed by atoms with Gasteiger partial charge in [-0.3, -0.25) is 24.0 Å². The summed E-state index contributed by atoms with van der Waals surface area (Å²) in [5.41, 5.74) is 2.64. The molecule has 0 saturated carbocycles. The van der Waals surface area contributed by atoms with Crippen LogP contribution in [0, 0.1) is 0 Å². The number of amides is 2. The van der Waals surface area contributed by atoms with Crippen LogP contribution in [0.25, 0.3) is 11.0 Å². The van der Waals surface area contributed by atoms with Crippen molar-refractivity contribution in [3.8, 4) is 0 Å². The highest BCUT2D eigenvalue weighted by atomic mass is 79.9. The van der Waals surface area contributed by atoms with E-state index in [4.69, 9.17) is 0 Å². The standard InChI is InChI=1S/C15H14BrN3O3/c16-9-3-4-10-13-8(9)2-1-7-18(13)15(22)19(10)11-5-6-12(20)17-14(11)21/h3-4,11H,1-2,5-7H2,(H,17,20,21). The van der Waals surface area contributed by atoms with E-state index in [9.17, 15) is 14.4 Å². The van der Waals surface area contributed by atoms with E-state index in [-0.39, 0.29) is 23.9 Å². The van der Waals surface area contributed by atoms with E-state index in [0.29, 0.717) is 13.0 Å². The Kier molecular flexibility index (Phi) is 3.00. The summed E-state index contributed by atoms with van der Waals surface area (Å²) < 4.78 is 4.30. The lowest BCUT2D eigenvalue weighted by Crippen LogP contribution is -2.44. The highest BCUT2D eigenvalue weighted by Crippen LogP contribution is 2.32. The van der Waals surface area contributed by atoms with Crippen molar-refractivity contribution < 1.29 is 9.59 Å². The van der Waals surface area contributed by atoms with Crippen molar-refractivity contribution in [2.75, 3.05) is 0 Å². The quantitative estimate of drug-likeness (QED) is 0.780. The predicted molar refractivity (Wildman–Crippen MR) is 83.6 cm³/mol. The number of hydrogen-bond acceptors (Lipinski definition) is 3. The zero-order valence-corrected chi connectivity index (χ0v) is 13.4. The molecule has 2 aliphatic heterocycles. The average Bonchev–Trinajstić information content (AvgIpc) is 2.78. The van der Waals surface area contributed by atoms with Crippen LogP contribution in [0.1, 0.15) is 30.9 Å². The second-order valence-electron chi connectivity index (χ2n) is 5.77. The zero-order chi connectivity index (χ0) is 15.4. The van der Waals surface area contributed by atoms with Crippen molar-refractivity contribution in [1.29, 1.82) is 0 Å². The minimum Gasteiger partial charge on any atom is -0.295 e. The summed E-state index contributed by atoms with van der Waals surface area (Å²) in [6.07, 6.45) is 2.45. The lowest BCUT2D eigenvalue weighted by molar-refractivity contribution is -0.135. The van der Waals surface area contributed by atoms with Gasteiger partial charge in [0.05, 0.1) is 11.0 Å². The molecule has 6 nitrogen and oxygen atoms in total. The average molecular weight is 364 g/mol. The van der Waals surface area contributed by atoms with Crippen molar-refractivity contribution in [2.24, 2.45) is 0 Å². The van der Waals surface area contributed by atoms with Gasteiger partial charge in [-0.1, -0.05) is 15.9 Å². The van der Waals surface area contributed by atoms with Crippen molar-refractivity contribution >= 4 is 38.8 Å². The van der Waals surface area contributed by atoms with Crippen LogP contribution in [-0.2, 0) is 22.6 Å². The summed E-state index contributed by atoms with van der Waals surface area (Å²) in [6.45, 7) is 0.666. The molecule has 0 spiro atoms. The van der Waals surface area contributed by atoms with E-state index < -0.39 is 6.04 Å². The number of piperidine rings is 1. The van der Waals surface area contributed by atoms with Gasteiger partial charge in [0.2, 0.25) is 11.8 Å². The highest BCUT2D eigenvalue weighted by Gasteiger charge is 2.32. The van der Waals surface area contributed by atoms with E-state index in [1.54, 1.807) is 9.13 Å². The number of hydrogen-bond donors (Lipinski definition) is 1. The Labute approximate surface area is 134 Å². The zero-order valence-electron chi connectivity index (χ0n) is 11.8. The largest absolute Gasteiger partial charge is 0.329 e. The molecule has 2 amide bonds. The smallest absolute Gasteiger partial charge is 0.295 e. The molecular weight excluding hydrogens is 350 g/mol. The summed E-state index contributed by atoms with van der Waals surface area (Å²) in [5, 5.41) is 2.33. The van der Waals surface area contributed by atoms with Crippen LogP contribution in [0.5, 0.6) is 0 Å². The fraction of sp³-hybridized carbons (Fsp3) is 0.400. The van der Waals surface area contributed by atoms with Crippen molar-refractivity contribution in [1.82, 2.24) is 14.5 Å². The third-order valence-electron chi connectivity index (χ3n) is 4.50. The lowest BCUT2D eigenvalue weighted by Gasteiger charge is -2.22. The van der Waals surface area contributed by atoms with E-state index in [1.807, 2.05) is 12.1 Å². The number of nitrogens with one attached hydrogen (secondary N) is 1. The molecule has 7 heteroatoms. The Hall–Kier alpha value is -1.89. The molecule has 0 radical (unpaired) electrons. The fourth-order valence-corrected chi connectivity index (χ4v) is 4.03. The molecule has 1 atom stereocenters. The van der Waals surface area contributed by atoms with E-state index in [2.05, 4.69) is 21.2 Å². The van der Waals surface area contributed by atoms with Gasteiger partial charge in [0, 0.05) is 17.4 Å². The second-order valence-corrected chi connectivity index (χ2v) is 6.62. The van der Waals surface area contributed by atoms with Gasteiger partial charge in [-0.2, -0.15) is 0 Å². The third kappa shape index (κ3) is 1.81. The number of carbonyl (C=O) groups is 2. The number of carbonyl (C=O) groups excluding carboxylic acids is 2. The number of imidazole rings is 1. The predicted octanol–water partition coefficient (Wildman–Crippen LogP) is 1.49. The van der Waals surface area contributed by atoms with Crippen LogP contribution >= 0.6 is 15.9 Å². The summed E-state index contributed by atoms with van der Waals surface area (Å²) in [6, 6.07) is 3.19. The SMILES string of the molecule is O=C1CCC(n2c(=O)n3c4c(c(Br)ccc42)CCC3)C(=O)N1. The van der Waals surface area contributed by atoms with Crippen LogP contribution in [0.2, 0.25) is 0 Å². The molecule has 1 N–H and O–H groups in total. The topological polar surface area (TPSA) is 73.1 Å². The second kappa shape index (κ2) is 4.81. The Balaban J connectivity index is 1.98. The number of benzene rings is 1. The molecule has 2 aliphatic rings. The first-order valence-electron chi connectivity index (χ1n) is 7.33. The molecule has 114 valence electrons. The highest BCUT2D eigenvalue weighted by molar-refractivity contribution is 9.10. The van der Waals surface area contributed by atoms with Gasteiger partial charge in [-0.15, -0.1) is 0 Å². The monoisotopic (exact) mass is 363 g/mol. The molecule has 4 rings (SSSR count). The molecule has 1 unspecified atom stereocenters. The first kappa shape index (κ1) is 13.8. The maximum absolute atomic E-state index is 12.8. The Bertz CT molecular complexity index is 880. The molecule has 0 aliphatic carbocycles. The minimum atomic E-state index is -0.610. The van der Waals surface area contributed by atoms with Gasteiger partial charge in [-0.05, 0) is 37.0 Å². The molecule has 1 fully saturated rings. The molecule has 2 aromatic rings. The van der Waals surface area contributed by atoms with Gasteiger partial charge in [-0.25, -0.2) is 4.79 Å². The molecule has 1 saturated heterocycles. The van der Waals surface area contributed by atoms with E-state index in [0.717, 1.165) is 33.9 Å². The van der Waals surface area contributed by atoms with Crippen molar-refractivity contribution in [3.05, 3.63) is 32.7 Å². The number of nitrogens with zero attached hydrogens (tertiary/aromatic N) is 2. The van der Waals surface area contributed by atoms with Crippen LogP contribution < -0.4 is 11.0 Å². The third-order valence-corrected chi connectivity index (χ3v) is 5.24. The molecule has 3 heterocycles. The molecule has 1 aromatic carbocycles. The normalized spacial score (nSPS) is 21.2. The maximum Gasteiger partial charge on any atom is 0.329 e. The van der Waals surface area contributed by atoms with Gasteiger partial charge in [0.25, 0.3) is 0 Å². The first-order chi connectivity index (χ1) is 10.6. The summed E-state index contributed by atoms with van der Waals surface area (Å²) in [5.74, 6) is -0.660. The van der Waals surface area contributed by atoms with Crippen LogP contribution in [0.4, 0.5) is 0 Å². The van der Waals surface area contributed by atoms with Gasteiger partial charge < -0.3 is 0 Å². The summed E-state index contributed by atoms with van der Waals surface area (Å²) in [4.78, 5) is 36.3. The van der Waals surface area contributed by atoms with Crippen LogP contribution in [-0.4, -0.2) is 20.9 Å². The Morgan fingerprint density at radius 2 is 2.00 bits per heavy atom. The van der Waals surface area contributed by atoms with Crippen LogP contribution in [0.3, 0.4) is 0 Å². The van der Waals surface area contributed by atoms with Gasteiger partial charge in [0.1, 0.15) is 6.04 Å². The number of rotatable bonds is 1. The van der Waals surface area contributed by atoms with Crippen molar-refractivity contribution in [3.63, 3.8) is 0 Å². The fourth-order valence-electron chi connectivity index (χ4n) is 3.51. The summed E-state index contributed by atoms with van der Waals surface area (Å²) in [7, 11) is 0. The lowest BCUT2D eigenvalue weighted by atomic mass is 10.0. The first-order valence-corrected chi connectivity index (χ1v) is 8.13. The molecule has 0 bridgehead atoms. The molecule has 22 heavy (non-hydrogen) atoms. The van der Waals surface area contributed by atoms with Crippen molar-refractivity contribution in [2.45, 2.75) is 38.3 Å². The van der Waals surface area contributed by atoms with Crippen LogP contribution in [0.15, 0.2) is 21.4 Å². The Morgan fingerprint density at radius 3 is 2.77 bits per heavy atom. The number of imide groups is 1. The molecular formula is C15H14BrN3O3. The number of aryl methyl sites for hydroxylation is 2. The maximum atomic E-state index is 12.8. The van der Waals surface area contributed by atoms with Gasteiger partial charge >= 0.3 is 5.69 Å². The van der Waals surface area contributed by atoms with Gasteiger partial charge in [0.15, 0.2) is 0 Å². The number of aromatic nitrogens is 2. The summed E-state index contributed by atoms with van der Waals surface area (Å²) >= 11 is 3.55. The van der Waals surface area contributed by atoms with E-state index >= 15 is 0 Å². The molecule has 1 aromatic heterocycles. The minimum absolute atomic E-state index is 0.163. The van der Waals surface area contributed by atoms with E-state index in [1.165, 1.54) is 0 Å².